The zero-order chi connectivity index (χ0) is 9.56. The van der Waals surface area contributed by atoms with Gasteiger partial charge in [0.1, 0.15) is 0 Å². The second kappa shape index (κ2) is 6.06. The molecule has 2 heteroatoms. The molecule has 0 aliphatic rings. The van der Waals surface area contributed by atoms with E-state index in [1.54, 1.807) is 0 Å². The average molecular weight is 170 g/mol. The summed E-state index contributed by atoms with van der Waals surface area (Å²) >= 11 is 0. The van der Waals surface area contributed by atoms with Crippen LogP contribution < -0.4 is 5.32 Å². The van der Waals surface area contributed by atoms with Crippen molar-refractivity contribution in [1.82, 2.24) is 10.2 Å². The van der Waals surface area contributed by atoms with Crippen molar-refractivity contribution in [3.05, 3.63) is 11.8 Å². The summed E-state index contributed by atoms with van der Waals surface area (Å²) in [4.78, 5) is 2.20. The molecule has 0 aromatic rings. The monoisotopic (exact) mass is 170 g/mol. The molecule has 0 unspecified atom stereocenters. The molecule has 0 aromatic heterocycles. The molecule has 12 heavy (non-hydrogen) atoms. The molecule has 2 nitrogen and oxygen atoms in total. The van der Waals surface area contributed by atoms with Crippen LogP contribution in [-0.4, -0.2) is 31.6 Å². The predicted octanol–water partition coefficient (Wildman–Crippen LogP) is 1.84. The third kappa shape index (κ3) is 7.61. The lowest BCUT2D eigenvalue weighted by Crippen LogP contribution is -2.17. The van der Waals surface area contributed by atoms with Gasteiger partial charge in [-0.2, -0.15) is 0 Å². The standard InChI is InChI=1S/C10H22N2/c1-9(2)11-8-10(3)6-7-12(4)5/h8-9,11H,6-7H2,1-5H3/b10-8+. The van der Waals surface area contributed by atoms with Crippen LogP contribution in [-0.2, 0) is 0 Å². The van der Waals surface area contributed by atoms with Crippen LogP contribution in [0.1, 0.15) is 27.2 Å². The van der Waals surface area contributed by atoms with E-state index < -0.39 is 0 Å². The third-order valence-corrected chi connectivity index (χ3v) is 1.62. The van der Waals surface area contributed by atoms with Gasteiger partial charge in [-0.3, -0.25) is 0 Å². The Hall–Kier alpha value is -0.500. The largest absolute Gasteiger partial charge is 0.389 e. The SMILES string of the molecule is C/C(=C\NC(C)C)CCN(C)C. The Bertz CT molecular complexity index is 137. The summed E-state index contributed by atoms with van der Waals surface area (Å²) in [6, 6.07) is 0.541. The Morgan fingerprint density at radius 2 is 2.00 bits per heavy atom. The van der Waals surface area contributed by atoms with E-state index in [9.17, 15) is 0 Å². The first kappa shape index (κ1) is 11.5. The van der Waals surface area contributed by atoms with E-state index in [4.69, 9.17) is 0 Å². The van der Waals surface area contributed by atoms with Gasteiger partial charge in [-0.1, -0.05) is 5.57 Å². The molecule has 72 valence electrons. The molecule has 0 aromatic carbocycles. The Balaban J connectivity index is 3.56. The van der Waals surface area contributed by atoms with Crippen molar-refractivity contribution in [2.24, 2.45) is 0 Å². The smallest absolute Gasteiger partial charge is 0.0199 e. The summed E-state index contributed by atoms with van der Waals surface area (Å²) < 4.78 is 0. The molecule has 1 N–H and O–H groups in total. The maximum atomic E-state index is 3.29. The summed E-state index contributed by atoms with van der Waals surface area (Å²) in [7, 11) is 4.20. The molecular formula is C10H22N2. The van der Waals surface area contributed by atoms with Gasteiger partial charge in [-0.25, -0.2) is 0 Å². The van der Waals surface area contributed by atoms with E-state index in [2.05, 4.69) is 51.3 Å². The molecule has 0 saturated carbocycles. The summed E-state index contributed by atoms with van der Waals surface area (Å²) in [5.41, 5.74) is 1.41. The molecule has 0 saturated heterocycles. The van der Waals surface area contributed by atoms with Crippen molar-refractivity contribution in [2.75, 3.05) is 20.6 Å². The number of nitrogens with one attached hydrogen (secondary N) is 1. The Morgan fingerprint density at radius 3 is 2.42 bits per heavy atom. The van der Waals surface area contributed by atoms with Crippen molar-refractivity contribution in [2.45, 2.75) is 33.2 Å². The van der Waals surface area contributed by atoms with Crippen LogP contribution in [0.3, 0.4) is 0 Å². The Kier molecular flexibility index (Phi) is 5.81. The van der Waals surface area contributed by atoms with Crippen molar-refractivity contribution in [1.29, 1.82) is 0 Å². The summed E-state index contributed by atoms with van der Waals surface area (Å²) in [5.74, 6) is 0. The molecule has 0 aliphatic heterocycles. The topological polar surface area (TPSA) is 15.3 Å². The van der Waals surface area contributed by atoms with Gasteiger partial charge < -0.3 is 10.2 Å². The fourth-order valence-corrected chi connectivity index (χ4v) is 0.781. The average Bonchev–Trinajstić information content (AvgIpc) is 1.96. The van der Waals surface area contributed by atoms with E-state index in [1.165, 1.54) is 5.57 Å². The minimum absolute atomic E-state index is 0.541. The van der Waals surface area contributed by atoms with Crippen molar-refractivity contribution in [3.63, 3.8) is 0 Å². The lowest BCUT2D eigenvalue weighted by Gasteiger charge is -2.10. The van der Waals surface area contributed by atoms with E-state index in [0.717, 1.165) is 13.0 Å². The first-order valence-electron chi connectivity index (χ1n) is 4.58. The number of rotatable bonds is 5. The number of hydrogen-bond acceptors (Lipinski definition) is 2. The molecule has 0 amide bonds. The third-order valence-electron chi connectivity index (χ3n) is 1.62. The van der Waals surface area contributed by atoms with Crippen molar-refractivity contribution < 1.29 is 0 Å². The highest BCUT2D eigenvalue weighted by Crippen LogP contribution is 1.98. The van der Waals surface area contributed by atoms with Crippen LogP contribution in [0.2, 0.25) is 0 Å². The highest BCUT2D eigenvalue weighted by Gasteiger charge is 1.92. The van der Waals surface area contributed by atoms with Crippen LogP contribution in [0.15, 0.2) is 11.8 Å². The van der Waals surface area contributed by atoms with E-state index >= 15 is 0 Å². The van der Waals surface area contributed by atoms with Gasteiger partial charge in [0, 0.05) is 12.6 Å². The molecular weight excluding hydrogens is 148 g/mol. The fraction of sp³-hybridized carbons (Fsp3) is 0.800. The highest BCUT2D eigenvalue weighted by molar-refractivity contribution is 4.97. The van der Waals surface area contributed by atoms with E-state index in [0.29, 0.717) is 6.04 Å². The molecule has 0 fully saturated rings. The Labute approximate surface area is 76.6 Å². The molecule has 0 spiro atoms. The predicted molar refractivity (Wildman–Crippen MR) is 55.2 cm³/mol. The molecule has 0 radical (unpaired) electrons. The molecule has 0 rings (SSSR count). The van der Waals surface area contributed by atoms with Gasteiger partial charge in [0.15, 0.2) is 0 Å². The van der Waals surface area contributed by atoms with Crippen LogP contribution in [0, 0.1) is 0 Å². The summed E-state index contributed by atoms with van der Waals surface area (Å²) in [5, 5.41) is 3.29. The van der Waals surface area contributed by atoms with Gasteiger partial charge >= 0.3 is 0 Å². The van der Waals surface area contributed by atoms with Gasteiger partial charge in [-0.05, 0) is 47.5 Å². The second-order valence-electron chi connectivity index (χ2n) is 3.87. The van der Waals surface area contributed by atoms with Crippen LogP contribution in [0.4, 0.5) is 0 Å². The molecule has 0 heterocycles. The number of hydrogen-bond donors (Lipinski definition) is 1. The lowest BCUT2D eigenvalue weighted by atomic mass is 10.2. The number of nitrogens with zero attached hydrogens (tertiary/aromatic N) is 1. The normalized spacial score (nSPS) is 12.8. The highest BCUT2D eigenvalue weighted by atomic mass is 15.0. The first-order chi connectivity index (χ1) is 5.52. The van der Waals surface area contributed by atoms with Gasteiger partial charge in [0.05, 0.1) is 0 Å². The second-order valence-corrected chi connectivity index (χ2v) is 3.87. The van der Waals surface area contributed by atoms with Crippen LogP contribution >= 0.6 is 0 Å². The molecule has 0 aliphatic carbocycles. The quantitative estimate of drug-likeness (QED) is 0.677. The molecule has 0 atom stereocenters. The zero-order valence-corrected chi connectivity index (χ0v) is 9.02. The maximum Gasteiger partial charge on any atom is 0.0199 e. The summed E-state index contributed by atoms with van der Waals surface area (Å²) in [6.07, 6.45) is 3.26. The van der Waals surface area contributed by atoms with Crippen LogP contribution in [0.25, 0.3) is 0 Å². The zero-order valence-electron chi connectivity index (χ0n) is 9.02. The van der Waals surface area contributed by atoms with Crippen molar-refractivity contribution in [3.8, 4) is 0 Å². The lowest BCUT2D eigenvalue weighted by molar-refractivity contribution is 0.412. The Morgan fingerprint density at radius 1 is 1.42 bits per heavy atom. The van der Waals surface area contributed by atoms with E-state index in [-0.39, 0.29) is 0 Å². The molecule has 0 bridgehead atoms. The van der Waals surface area contributed by atoms with Gasteiger partial charge in [-0.15, -0.1) is 0 Å². The minimum atomic E-state index is 0.541. The van der Waals surface area contributed by atoms with E-state index in [1.807, 2.05) is 0 Å². The van der Waals surface area contributed by atoms with Crippen LogP contribution in [0.5, 0.6) is 0 Å². The first-order valence-corrected chi connectivity index (χ1v) is 4.58. The fourth-order valence-electron chi connectivity index (χ4n) is 0.781. The van der Waals surface area contributed by atoms with Crippen molar-refractivity contribution >= 4 is 0 Å². The van der Waals surface area contributed by atoms with Gasteiger partial charge in [0.2, 0.25) is 0 Å². The van der Waals surface area contributed by atoms with Gasteiger partial charge in [0.25, 0.3) is 0 Å². The maximum absolute atomic E-state index is 3.29. The minimum Gasteiger partial charge on any atom is -0.389 e. The summed E-state index contributed by atoms with van der Waals surface area (Å²) in [6.45, 7) is 7.59.